The van der Waals surface area contributed by atoms with Crippen molar-refractivity contribution in [1.82, 2.24) is 4.98 Å². The summed E-state index contributed by atoms with van der Waals surface area (Å²) in [6.45, 7) is 1.95. The summed E-state index contributed by atoms with van der Waals surface area (Å²) >= 11 is 0. The number of hydrogen-bond acceptors (Lipinski definition) is 3. The molecule has 0 fully saturated rings. The fourth-order valence-corrected chi connectivity index (χ4v) is 1.99. The van der Waals surface area contributed by atoms with Gasteiger partial charge in [0, 0.05) is 31.1 Å². The van der Waals surface area contributed by atoms with E-state index >= 15 is 0 Å². The molecule has 1 aromatic heterocycles. The van der Waals surface area contributed by atoms with E-state index < -0.39 is 5.97 Å². The number of carboxylic acids is 1. The number of nitrogens with zero attached hydrogens (tertiary/aromatic N) is 2. The van der Waals surface area contributed by atoms with Crippen LogP contribution in [0.3, 0.4) is 0 Å². The van der Waals surface area contributed by atoms with Crippen LogP contribution in [0.4, 0.5) is 5.69 Å². The van der Waals surface area contributed by atoms with Crippen LogP contribution in [0.1, 0.15) is 18.1 Å². The minimum absolute atomic E-state index is 0.0716. The van der Waals surface area contributed by atoms with Crippen molar-refractivity contribution in [1.29, 1.82) is 0 Å². The highest BCUT2D eigenvalue weighted by Crippen LogP contribution is 2.19. The molecule has 112 valence electrons. The Balaban J connectivity index is 2.19. The molecular weight excluding hydrogens is 280 g/mol. The van der Waals surface area contributed by atoms with Crippen molar-refractivity contribution in [2.24, 2.45) is 0 Å². The largest absolute Gasteiger partial charge is 0.478 e. The summed E-state index contributed by atoms with van der Waals surface area (Å²) in [6.07, 6.45) is 5.99. The lowest BCUT2D eigenvalue weighted by Gasteiger charge is -2.21. The second-order valence-corrected chi connectivity index (χ2v) is 4.73. The predicted octanol–water partition coefficient (Wildman–Crippen LogP) is 2.73. The van der Waals surface area contributed by atoms with E-state index in [1.807, 2.05) is 12.1 Å². The van der Waals surface area contributed by atoms with Crippen LogP contribution in [-0.2, 0) is 16.1 Å². The molecule has 0 bridgehead atoms. The first-order valence-electron chi connectivity index (χ1n) is 6.74. The number of hydrogen-bond donors (Lipinski definition) is 1. The number of benzene rings is 1. The molecule has 1 amide bonds. The second kappa shape index (κ2) is 7.17. The highest BCUT2D eigenvalue weighted by Gasteiger charge is 2.11. The SMILES string of the molecule is CC(=O)N(Cc1cccnc1)c1ccc(C=CC(=O)O)cc1. The van der Waals surface area contributed by atoms with Crippen LogP contribution >= 0.6 is 0 Å². The Labute approximate surface area is 128 Å². The van der Waals surface area contributed by atoms with Crippen LogP contribution in [0, 0.1) is 0 Å². The zero-order valence-corrected chi connectivity index (χ0v) is 12.1. The number of anilines is 1. The molecule has 0 radical (unpaired) electrons. The lowest BCUT2D eigenvalue weighted by molar-refractivity contribution is -0.131. The maximum absolute atomic E-state index is 11.9. The Morgan fingerprint density at radius 3 is 2.50 bits per heavy atom. The molecular formula is C17H16N2O3. The van der Waals surface area contributed by atoms with E-state index in [1.165, 1.54) is 13.0 Å². The van der Waals surface area contributed by atoms with Gasteiger partial charge in [-0.2, -0.15) is 0 Å². The van der Waals surface area contributed by atoms with Gasteiger partial charge in [0.05, 0.1) is 6.54 Å². The molecule has 2 rings (SSSR count). The Morgan fingerprint density at radius 2 is 1.95 bits per heavy atom. The van der Waals surface area contributed by atoms with Gasteiger partial charge in [-0.05, 0) is 35.4 Å². The van der Waals surface area contributed by atoms with Gasteiger partial charge in [-0.25, -0.2) is 4.79 Å². The number of carbonyl (C=O) groups is 2. The molecule has 0 saturated heterocycles. The number of amides is 1. The van der Waals surface area contributed by atoms with Gasteiger partial charge in [-0.3, -0.25) is 9.78 Å². The quantitative estimate of drug-likeness (QED) is 0.861. The smallest absolute Gasteiger partial charge is 0.328 e. The van der Waals surface area contributed by atoms with Gasteiger partial charge in [-0.15, -0.1) is 0 Å². The molecule has 1 N–H and O–H groups in total. The fraction of sp³-hybridized carbons (Fsp3) is 0.118. The van der Waals surface area contributed by atoms with Crippen molar-refractivity contribution in [3.05, 3.63) is 66.0 Å². The van der Waals surface area contributed by atoms with Gasteiger partial charge in [0.2, 0.25) is 5.91 Å². The molecule has 0 atom stereocenters. The molecule has 2 aromatic rings. The molecule has 0 aliphatic carbocycles. The number of pyridine rings is 1. The number of carbonyl (C=O) groups excluding carboxylic acids is 1. The van der Waals surface area contributed by atoms with Crippen LogP contribution in [0.2, 0.25) is 0 Å². The highest BCUT2D eigenvalue weighted by molar-refractivity contribution is 5.91. The fourth-order valence-electron chi connectivity index (χ4n) is 1.99. The van der Waals surface area contributed by atoms with Crippen molar-refractivity contribution in [2.75, 3.05) is 4.90 Å². The van der Waals surface area contributed by atoms with E-state index in [0.29, 0.717) is 6.54 Å². The van der Waals surface area contributed by atoms with E-state index in [0.717, 1.165) is 22.9 Å². The standard InChI is InChI=1S/C17H16N2O3/c1-13(20)19(12-15-3-2-10-18-11-15)16-7-4-14(5-8-16)6-9-17(21)22/h2-11H,12H2,1H3,(H,21,22). The number of aliphatic carboxylic acids is 1. The van der Waals surface area contributed by atoms with Gasteiger partial charge in [-0.1, -0.05) is 18.2 Å². The zero-order chi connectivity index (χ0) is 15.9. The average Bonchev–Trinajstić information content (AvgIpc) is 2.52. The van der Waals surface area contributed by atoms with Crippen LogP contribution < -0.4 is 4.90 Å². The maximum Gasteiger partial charge on any atom is 0.328 e. The number of rotatable bonds is 5. The number of carboxylic acid groups (broad SMARTS) is 1. The second-order valence-electron chi connectivity index (χ2n) is 4.73. The van der Waals surface area contributed by atoms with Gasteiger partial charge in [0.25, 0.3) is 0 Å². The summed E-state index contributed by atoms with van der Waals surface area (Å²) in [5.74, 6) is -1.07. The summed E-state index contributed by atoms with van der Waals surface area (Å²) in [5, 5.41) is 8.61. The molecule has 0 saturated carbocycles. The van der Waals surface area contributed by atoms with E-state index in [9.17, 15) is 9.59 Å². The summed E-state index contributed by atoms with van der Waals surface area (Å²) in [4.78, 5) is 28.0. The average molecular weight is 296 g/mol. The Morgan fingerprint density at radius 1 is 1.23 bits per heavy atom. The third-order valence-corrected chi connectivity index (χ3v) is 3.07. The molecule has 1 heterocycles. The topological polar surface area (TPSA) is 70.5 Å². The molecule has 0 aliphatic rings. The van der Waals surface area contributed by atoms with Crippen LogP contribution in [0.15, 0.2) is 54.9 Å². The van der Waals surface area contributed by atoms with Crippen molar-refractivity contribution < 1.29 is 14.7 Å². The first-order chi connectivity index (χ1) is 10.6. The first kappa shape index (κ1) is 15.4. The monoisotopic (exact) mass is 296 g/mol. The van der Waals surface area contributed by atoms with E-state index in [-0.39, 0.29) is 5.91 Å². The van der Waals surface area contributed by atoms with Gasteiger partial charge < -0.3 is 10.0 Å². The molecule has 22 heavy (non-hydrogen) atoms. The van der Waals surface area contributed by atoms with E-state index in [4.69, 9.17) is 5.11 Å². The summed E-state index contributed by atoms with van der Waals surface area (Å²) < 4.78 is 0. The van der Waals surface area contributed by atoms with Crippen molar-refractivity contribution in [3.63, 3.8) is 0 Å². The van der Waals surface area contributed by atoms with Crippen LogP contribution in [0.25, 0.3) is 6.08 Å². The lowest BCUT2D eigenvalue weighted by Crippen LogP contribution is -2.27. The Hall–Kier alpha value is -2.95. The molecule has 1 aromatic carbocycles. The predicted molar refractivity (Wildman–Crippen MR) is 84.2 cm³/mol. The lowest BCUT2D eigenvalue weighted by atomic mass is 10.1. The maximum atomic E-state index is 11.9. The van der Waals surface area contributed by atoms with Crippen LogP contribution in [0.5, 0.6) is 0 Å². The van der Waals surface area contributed by atoms with Gasteiger partial charge >= 0.3 is 5.97 Å². The van der Waals surface area contributed by atoms with Gasteiger partial charge in [0.1, 0.15) is 0 Å². The van der Waals surface area contributed by atoms with Crippen LogP contribution in [-0.4, -0.2) is 22.0 Å². The number of aromatic nitrogens is 1. The van der Waals surface area contributed by atoms with Crippen molar-refractivity contribution in [3.8, 4) is 0 Å². The van der Waals surface area contributed by atoms with E-state index in [2.05, 4.69) is 4.98 Å². The summed E-state index contributed by atoms with van der Waals surface area (Å²) in [5.41, 5.74) is 2.45. The minimum atomic E-state index is -0.994. The molecule has 0 spiro atoms. The van der Waals surface area contributed by atoms with Gasteiger partial charge in [0.15, 0.2) is 0 Å². The van der Waals surface area contributed by atoms with Crippen molar-refractivity contribution in [2.45, 2.75) is 13.5 Å². The molecule has 0 unspecified atom stereocenters. The third-order valence-electron chi connectivity index (χ3n) is 3.07. The normalized spacial score (nSPS) is 10.6. The van der Waals surface area contributed by atoms with Crippen molar-refractivity contribution >= 4 is 23.6 Å². The first-order valence-corrected chi connectivity index (χ1v) is 6.74. The summed E-state index contributed by atoms with van der Waals surface area (Å²) in [6, 6.07) is 10.9. The Bertz CT molecular complexity index is 679. The summed E-state index contributed by atoms with van der Waals surface area (Å²) in [7, 11) is 0. The zero-order valence-electron chi connectivity index (χ0n) is 12.1. The molecule has 5 heteroatoms. The molecule has 5 nitrogen and oxygen atoms in total. The third kappa shape index (κ3) is 4.28. The highest BCUT2D eigenvalue weighted by atomic mass is 16.4. The van der Waals surface area contributed by atoms with E-state index in [1.54, 1.807) is 41.6 Å². The Kier molecular flexibility index (Phi) is 5.03. The minimum Gasteiger partial charge on any atom is -0.478 e. The molecule has 0 aliphatic heterocycles.